The lowest BCUT2D eigenvalue weighted by Gasteiger charge is -2.13. The summed E-state index contributed by atoms with van der Waals surface area (Å²) in [6.07, 6.45) is 0. The van der Waals surface area contributed by atoms with Crippen molar-refractivity contribution in [3.05, 3.63) is 443 Å². The fourth-order valence-electron chi connectivity index (χ4n) is 19.3. The van der Waals surface area contributed by atoms with E-state index in [1.54, 1.807) is 0 Å². The van der Waals surface area contributed by atoms with Gasteiger partial charge in [0.15, 0.2) is 5.82 Å². The van der Waals surface area contributed by atoms with Crippen LogP contribution in [0, 0.1) is 0 Å². The van der Waals surface area contributed by atoms with E-state index in [4.69, 9.17) is 15.0 Å². The third kappa shape index (κ3) is 11.5. The predicted octanol–water partition coefficient (Wildman–Crippen LogP) is 30.2. The van der Waals surface area contributed by atoms with Crippen molar-refractivity contribution in [3.8, 4) is 101 Å². The number of benzene rings is 19. The maximum Gasteiger partial charge on any atom is 0.160 e. The molecule has 0 spiro atoms. The summed E-state index contributed by atoms with van der Waals surface area (Å²) < 4.78 is 9.79. The van der Waals surface area contributed by atoms with Gasteiger partial charge in [-0.3, -0.25) is 0 Å². The zero-order valence-electron chi connectivity index (χ0n) is 66.3. The molecule has 25 rings (SSSR count). The molecular weight excluding hydrogens is 1480 g/mol. The third-order valence-corrected chi connectivity index (χ3v) is 24.8. The molecule has 0 fully saturated rings. The van der Waals surface area contributed by atoms with E-state index in [1.807, 2.05) is 0 Å². The van der Waals surface area contributed by atoms with Crippen LogP contribution in [0.3, 0.4) is 0 Å². The highest BCUT2D eigenvalue weighted by atomic mass is 15.0. The molecule has 7 nitrogen and oxygen atoms in total. The Morgan fingerprint density at radius 1 is 0.164 bits per heavy atom. The van der Waals surface area contributed by atoms with Crippen LogP contribution >= 0.6 is 0 Å². The van der Waals surface area contributed by atoms with Gasteiger partial charge in [-0.1, -0.05) is 334 Å². The lowest BCUT2D eigenvalue weighted by molar-refractivity contribution is 1.16. The van der Waals surface area contributed by atoms with E-state index < -0.39 is 0 Å². The summed E-state index contributed by atoms with van der Waals surface area (Å²) in [7, 11) is 0. The van der Waals surface area contributed by atoms with E-state index in [-0.39, 0.29) is 0 Å². The average molecular weight is 1550 g/mol. The van der Waals surface area contributed by atoms with Crippen LogP contribution in [0.4, 0.5) is 0 Å². The molecule has 0 bridgehead atoms. The smallest absolute Gasteiger partial charge is 0.160 e. The molecule has 0 aliphatic heterocycles. The fraction of sp³-hybridized carbons (Fsp3) is 0. The number of fused-ring (bicyclic) bond motifs is 18. The molecule has 0 saturated carbocycles. The summed E-state index contributed by atoms with van der Waals surface area (Å²) >= 11 is 0. The number of aromatic nitrogens is 7. The lowest BCUT2D eigenvalue weighted by atomic mass is 9.97. The van der Waals surface area contributed by atoms with E-state index in [9.17, 15) is 0 Å². The second-order valence-electron chi connectivity index (χ2n) is 31.7. The zero-order valence-corrected chi connectivity index (χ0v) is 66.3. The second-order valence-corrected chi connectivity index (χ2v) is 31.7. The van der Waals surface area contributed by atoms with Crippen molar-refractivity contribution in [1.29, 1.82) is 0 Å². The van der Waals surface area contributed by atoms with E-state index in [0.717, 1.165) is 84.3 Å². The van der Waals surface area contributed by atoms with Crippen molar-refractivity contribution in [2.24, 2.45) is 0 Å². The van der Waals surface area contributed by atoms with Gasteiger partial charge in [0.05, 0.1) is 72.6 Å². The molecular formula is C115H73N7. The molecule has 0 N–H and O–H groups in total. The molecule has 0 aliphatic carbocycles. The molecule has 568 valence electrons. The van der Waals surface area contributed by atoms with Crippen molar-refractivity contribution >= 4 is 130 Å². The Morgan fingerprint density at radius 3 is 1.03 bits per heavy atom. The molecule has 19 aromatic carbocycles. The van der Waals surface area contributed by atoms with Crippen LogP contribution in [0.2, 0.25) is 0 Å². The van der Waals surface area contributed by atoms with Crippen molar-refractivity contribution in [1.82, 2.24) is 33.2 Å². The van der Waals surface area contributed by atoms with Gasteiger partial charge in [0.1, 0.15) is 0 Å². The van der Waals surface area contributed by atoms with E-state index in [2.05, 4.69) is 461 Å². The van der Waals surface area contributed by atoms with Crippen LogP contribution in [0.15, 0.2) is 443 Å². The topological polar surface area (TPSA) is 58.4 Å². The Hall–Kier alpha value is -16.4. The first-order valence-corrected chi connectivity index (χ1v) is 41.7. The van der Waals surface area contributed by atoms with Crippen LogP contribution < -0.4 is 0 Å². The summed E-state index contributed by atoms with van der Waals surface area (Å²) in [6, 6.07) is 159. The number of pyridine rings is 1. The van der Waals surface area contributed by atoms with Crippen LogP contribution in [0.1, 0.15) is 0 Å². The summed E-state index contributed by atoms with van der Waals surface area (Å²) in [5.74, 6) is 0.688. The fourth-order valence-corrected chi connectivity index (χ4v) is 19.3. The van der Waals surface area contributed by atoms with Gasteiger partial charge in [-0.25, -0.2) is 15.0 Å². The largest absolute Gasteiger partial charge is 0.309 e. The molecule has 7 heteroatoms. The summed E-state index contributed by atoms with van der Waals surface area (Å²) in [4.78, 5) is 16.0. The molecule has 0 amide bonds. The number of para-hydroxylation sites is 4. The number of rotatable bonds is 11. The monoisotopic (exact) mass is 1550 g/mol. The van der Waals surface area contributed by atoms with Crippen molar-refractivity contribution in [2.45, 2.75) is 0 Å². The van der Waals surface area contributed by atoms with Gasteiger partial charge in [-0.2, -0.15) is 0 Å². The van der Waals surface area contributed by atoms with E-state index >= 15 is 0 Å². The van der Waals surface area contributed by atoms with Crippen LogP contribution in [-0.4, -0.2) is 33.2 Å². The summed E-state index contributed by atoms with van der Waals surface area (Å²) in [6.45, 7) is 0. The summed E-state index contributed by atoms with van der Waals surface area (Å²) in [5.41, 5.74) is 27.7. The highest BCUT2D eigenvalue weighted by Crippen LogP contribution is 2.47. The highest BCUT2D eigenvalue weighted by molar-refractivity contribution is 6.28. The van der Waals surface area contributed by atoms with Crippen molar-refractivity contribution in [2.75, 3.05) is 0 Å². The molecule has 25 aromatic rings. The first kappa shape index (κ1) is 69.9. The van der Waals surface area contributed by atoms with Crippen molar-refractivity contribution in [3.63, 3.8) is 0 Å². The van der Waals surface area contributed by atoms with Gasteiger partial charge in [0.25, 0.3) is 0 Å². The summed E-state index contributed by atoms with van der Waals surface area (Å²) in [5, 5.41) is 19.4. The number of hydrogen-bond acceptors (Lipinski definition) is 3. The quantitative estimate of drug-likeness (QED) is 0.130. The van der Waals surface area contributed by atoms with E-state index in [0.29, 0.717) is 5.82 Å². The molecule has 0 radical (unpaired) electrons. The number of nitrogens with zero attached hydrogens (tertiary/aromatic N) is 7. The molecule has 0 unspecified atom stereocenters. The van der Waals surface area contributed by atoms with Gasteiger partial charge in [0, 0.05) is 93.4 Å². The maximum absolute atomic E-state index is 5.35. The molecule has 122 heavy (non-hydrogen) atoms. The van der Waals surface area contributed by atoms with Gasteiger partial charge in [-0.15, -0.1) is 0 Å². The Balaban J connectivity index is 0.000000138. The molecule has 6 heterocycles. The van der Waals surface area contributed by atoms with Gasteiger partial charge >= 0.3 is 0 Å². The van der Waals surface area contributed by atoms with Crippen LogP contribution in [0.25, 0.3) is 232 Å². The Bertz CT molecular complexity index is 8380. The molecule has 0 atom stereocenters. The molecule has 0 aliphatic rings. The average Bonchev–Trinajstić information content (AvgIpc) is 1.55. The zero-order chi connectivity index (χ0) is 80.3. The van der Waals surface area contributed by atoms with Crippen LogP contribution in [0.5, 0.6) is 0 Å². The van der Waals surface area contributed by atoms with Gasteiger partial charge < -0.3 is 18.3 Å². The number of hydrogen-bond donors (Lipinski definition) is 0. The van der Waals surface area contributed by atoms with Gasteiger partial charge in [0.2, 0.25) is 0 Å². The SMILES string of the molecule is c1ccc(-c2cccc(-n3c4ccccc4c4ccc5c(c6ccccc6n5-c5ccc(-c6cc(-c7ccccc7)cc(-c7cccc8ccccc78)n6)cc5)c43)c2)cc1.c1ccc2c(-c3cc(-c4cccc5ccccc45)nc(-c4ccc(-n5c6ccccc6c6c5ccc5c7ccccc7n(-c7cccc8ccccc78)c56)cc4)n3)cccc2c1. The minimum absolute atomic E-state index is 0.688. The normalized spacial score (nSPS) is 11.8. The van der Waals surface area contributed by atoms with E-state index in [1.165, 1.54) is 142 Å². The molecule has 0 saturated heterocycles. The standard InChI is InChI=1S/C58H36N4.C57H37N3/c1-4-20-42-37(14-1)17-11-25-45(42)50-36-51(46-26-12-18-38-15-2-5-21-43(38)46)60-58(59-50)40-30-32-41(33-31-40)61-54-28-10-8-24-49(54)56-55(61)35-34-48-47-23-7-9-27-53(47)62(57(48)56)52-29-13-19-39-16-3-6-22-44(39)52;1-3-15-38(16-4-1)42-21-13-22-45(35-42)60-53-27-11-9-24-48(53)49-33-34-55-56(57(49)60)50-25-10-12-28-54(50)59(55)44-31-29-41(30-32-44)51-36-43(39-17-5-2-6-18-39)37-52(58-51)47-26-14-20-40-19-7-8-23-46(40)47/h1-36H;1-37H. The third-order valence-electron chi connectivity index (χ3n) is 24.8. The minimum Gasteiger partial charge on any atom is -0.309 e. The first-order valence-electron chi connectivity index (χ1n) is 41.7. The minimum atomic E-state index is 0.688. The maximum atomic E-state index is 5.35. The lowest BCUT2D eigenvalue weighted by Crippen LogP contribution is -1.98. The second kappa shape index (κ2) is 28.8. The van der Waals surface area contributed by atoms with Crippen LogP contribution in [-0.2, 0) is 0 Å². The predicted molar refractivity (Wildman–Crippen MR) is 512 cm³/mol. The Labute approximate surface area is 703 Å². The van der Waals surface area contributed by atoms with Crippen molar-refractivity contribution < 1.29 is 0 Å². The Morgan fingerprint density at radius 2 is 0.525 bits per heavy atom. The Kier molecular flexibility index (Phi) is 16.5. The molecule has 6 aromatic heterocycles. The van der Waals surface area contributed by atoms with Gasteiger partial charge in [-0.05, 0) is 169 Å². The first-order chi connectivity index (χ1) is 60.5. The highest BCUT2D eigenvalue weighted by Gasteiger charge is 2.26.